The highest BCUT2D eigenvalue weighted by atomic mass is 32.1. The largest absolute Gasteiger partial charge is 0.400 e. The van der Waals surface area contributed by atoms with Crippen molar-refractivity contribution in [2.75, 3.05) is 24.7 Å². The molecule has 2 aromatic heterocycles. The molecule has 0 radical (unpaired) electrons. The molecule has 2 atom stereocenters. The Balaban J connectivity index is 0.00000176. The SMILES string of the molecule is CC.CCc1cc(C2CCN(C/C(N)=C/N(N)c3cncc(F)c3)C(C)C2)c(CCO)s1. The number of thiophene rings is 1. The van der Waals surface area contributed by atoms with E-state index in [4.69, 9.17) is 11.6 Å². The number of aliphatic hydroxyl groups is 1. The first-order valence-corrected chi connectivity index (χ1v) is 12.3. The lowest BCUT2D eigenvalue weighted by atomic mass is 9.85. The summed E-state index contributed by atoms with van der Waals surface area (Å²) in [5.41, 5.74) is 8.73. The molecule has 0 aliphatic carbocycles. The number of pyridine rings is 1. The number of aliphatic hydroxyl groups excluding tert-OH is 1. The van der Waals surface area contributed by atoms with Gasteiger partial charge in [-0.2, -0.15) is 0 Å². The Morgan fingerprint density at radius 1 is 1.38 bits per heavy atom. The van der Waals surface area contributed by atoms with Gasteiger partial charge in [-0.05, 0) is 50.3 Å². The molecule has 1 aliphatic rings. The Morgan fingerprint density at radius 2 is 2.12 bits per heavy atom. The number of nitrogens with two attached hydrogens (primary N) is 2. The molecule has 0 saturated carbocycles. The third-order valence-electron chi connectivity index (χ3n) is 5.71. The number of nitrogens with zero attached hydrogens (tertiary/aromatic N) is 3. The van der Waals surface area contributed by atoms with Crippen LogP contribution in [-0.4, -0.2) is 40.7 Å². The molecule has 0 bridgehead atoms. The first-order chi connectivity index (χ1) is 15.4. The fourth-order valence-corrected chi connectivity index (χ4v) is 5.31. The molecule has 2 aromatic rings. The fraction of sp³-hybridized carbons (Fsp3) is 0.542. The van der Waals surface area contributed by atoms with Gasteiger partial charge in [-0.25, -0.2) is 10.2 Å². The molecule has 0 aromatic carbocycles. The third-order valence-corrected chi connectivity index (χ3v) is 7.07. The predicted molar refractivity (Wildman–Crippen MR) is 132 cm³/mol. The lowest BCUT2D eigenvalue weighted by Gasteiger charge is -2.38. The average Bonchev–Trinajstić information content (AvgIpc) is 3.20. The van der Waals surface area contributed by atoms with Crippen molar-refractivity contribution in [3.8, 4) is 0 Å². The highest BCUT2D eigenvalue weighted by Gasteiger charge is 2.28. The topological polar surface area (TPSA) is 91.6 Å². The van der Waals surface area contributed by atoms with Crippen molar-refractivity contribution in [1.29, 1.82) is 0 Å². The van der Waals surface area contributed by atoms with Gasteiger partial charge in [0.05, 0.1) is 18.1 Å². The highest BCUT2D eigenvalue weighted by Crippen LogP contribution is 2.37. The average molecular weight is 464 g/mol. The third kappa shape index (κ3) is 7.00. The van der Waals surface area contributed by atoms with E-state index in [-0.39, 0.29) is 6.61 Å². The summed E-state index contributed by atoms with van der Waals surface area (Å²) in [4.78, 5) is 8.90. The number of rotatable bonds is 8. The van der Waals surface area contributed by atoms with Crippen molar-refractivity contribution in [1.82, 2.24) is 9.88 Å². The predicted octanol–water partition coefficient (Wildman–Crippen LogP) is 4.15. The molecule has 3 heterocycles. The molecular weight excluding hydrogens is 425 g/mol. The zero-order valence-corrected chi connectivity index (χ0v) is 20.5. The van der Waals surface area contributed by atoms with Gasteiger partial charge in [-0.1, -0.05) is 20.8 Å². The zero-order valence-electron chi connectivity index (χ0n) is 19.7. The van der Waals surface area contributed by atoms with Crippen LogP contribution in [0.25, 0.3) is 0 Å². The number of aromatic nitrogens is 1. The van der Waals surface area contributed by atoms with Crippen LogP contribution in [0, 0.1) is 5.82 Å². The molecule has 1 aliphatic heterocycles. The number of likely N-dealkylation sites (tertiary alicyclic amines) is 1. The van der Waals surface area contributed by atoms with Crippen molar-refractivity contribution >= 4 is 17.0 Å². The lowest BCUT2D eigenvalue weighted by Crippen LogP contribution is -2.42. The Morgan fingerprint density at radius 3 is 2.75 bits per heavy atom. The number of piperidine rings is 1. The summed E-state index contributed by atoms with van der Waals surface area (Å²) in [6, 6.07) is 4.04. The molecule has 0 amide bonds. The first kappa shape index (κ1) is 26.3. The van der Waals surface area contributed by atoms with Crippen molar-refractivity contribution in [3.05, 3.63) is 57.6 Å². The van der Waals surface area contributed by atoms with E-state index in [0.29, 0.717) is 29.9 Å². The van der Waals surface area contributed by atoms with E-state index in [9.17, 15) is 9.50 Å². The summed E-state index contributed by atoms with van der Waals surface area (Å²) >= 11 is 1.84. The second-order valence-corrected chi connectivity index (χ2v) is 9.15. The maximum atomic E-state index is 13.3. The summed E-state index contributed by atoms with van der Waals surface area (Å²) in [5.74, 6) is 6.07. The van der Waals surface area contributed by atoms with E-state index in [1.807, 2.05) is 25.2 Å². The molecule has 6 nitrogen and oxygen atoms in total. The van der Waals surface area contributed by atoms with Gasteiger partial charge in [0, 0.05) is 53.3 Å². The number of halogens is 1. The standard InChI is InChI=1S/C22H32FN5OS.C2H6/c1-3-20-10-21(22(30-20)5-7-29)16-4-6-27(15(2)8-16)13-18(24)14-28(25)19-9-17(23)11-26-12-19;1-2/h9-12,14-16,29H,3-8,13,24-25H2,1-2H3;1-2H3/b18-14-;. The van der Waals surface area contributed by atoms with Crippen LogP contribution >= 0.6 is 11.3 Å². The Kier molecular flexibility index (Phi) is 10.6. The summed E-state index contributed by atoms with van der Waals surface area (Å²) < 4.78 is 13.3. The van der Waals surface area contributed by atoms with Gasteiger partial charge in [0.2, 0.25) is 0 Å². The molecule has 3 rings (SSSR count). The molecule has 178 valence electrons. The zero-order chi connectivity index (χ0) is 23.7. The second-order valence-electron chi connectivity index (χ2n) is 7.93. The van der Waals surface area contributed by atoms with Crippen LogP contribution in [-0.2, 0) is 12.8 Å². The number of hydrogen-bond donors (Lipinski definition) is 3. The Labute approximate surface area is 195 Å². The van der Waals surface area contributed by atoms with Gasteiger partial charge >= 0.3 is 0 Å². The van der Waals surface area contributed by atoms with Gasteiger partial charge < -0.3 is 10.8 Å². The van der Waals surface area contributed by atoms with Crippen LogP contribution in [0.15, 0.2) is 36.4 Å². The number of aryl methyl sites for hydroxylation is 1. The monoisotopic (exact) mass is 463 g/mol. The van der Waals surface area contributed by atoms with Crippen molar-refractivity contribution in [3.63, 3.8) is 0 Å². The van der Waals surface area contributed by atoms with Crippen LogP contribution in [0.3, 0.4) is 0 Å². The smallest absolute Gasteiger partial charge is 0.143 e. The molecule has 1 fully saturated rings. The van der Waals surface area contributed by atoms with Crippen LogP contribution in [0.2, 0.25) is 0 Å². The van der Waals surface area contributed by atoms with Crippen molar-refractivity contribution in [2.45, 2.75) is 65.3 Å². The summed E-state index contributed by atoms with van der Waals surface area (Å²) in [5, 5.41) is 10.7. The minimum absolute atomic E-state index is 0.197. The molecule has 2 unspecified atom stereocenters. The number of hydrogen-bond acceptors (Lipinski definition) is 7. The minimum atomic E-state index is -0.439. The maximum absolute atomic E-state index is 13.3. The van der Waals surface area contributed by atoms with Gasteiger partial charge in [0.15, 0.2) is 0 Å². The van der Waals surface area contributed by atoms with E-state index in [1.54, 1.807) is 6.20 Å². The molecular formula is C24H38FN5OS. The molecule has 1 saturated heterocycles. The van der Waals surface area contributed by atoms with E-state index < -0.39 is 5.82 Å². The Hall–Kier alpha value is -2.00. The van der Waals surface area contributed by atoms with Gasteiger partial charge in [0.1, 0.15) is 5.82 Å². The van der Waals surface area contributed by atoms with Crippen LogP contribution in [0.1, 0.15) is 61.8 Å². The Bertz CT molecular complexity index is 872. The van der Waals surface area contributed by atoms with Crippen molar-refractivity contribution < 1.29 is 9.50 Å². The first-order valence-electron chi connectivity index (χ1n) is 11.5. The quantitative estimate of drug-likeness (QED) is 0.402. The van der Waals surface area contributed by atoms with Gasteiger partial charge in [-0.15, -0.1) is 11.3 Å². The van der Waals surface area contributed by atoms with Gasteiger partial charge in [0.25, 0.3) is 0 Å². The molecule has 32 heavy (non-hydrogen) atoms. The normalized spacial score (nSPS) is 19.4. The van der Waals surface area contributed by atoms with Crippen LogP contribution in [0.5, 0.6) is 0 Å². The van der Waals surface area contributed by atoms with E-state index in [0.717, 1.165) is 38.4 Å². The summed E-state index contributed by atoms with van der Waals surface area (Å²) in [7, 11) is 0. The molecule has 8 heteroatoms. The maximum Gasteiger partial charge on any atom is 0.143 e. The minimum Gasteiger partial charge on any atom is -0.400 e. The lowest BCUT2D eigenvalue weighted by molar-refractivity contribution is 0.158. The van der Waals surface area contributed by atoms with Gasteiger partial charge in [-0.3, -0.25) is 14.9 Å². The second kappa shape index (κ2) is 12.9. The summed E-state index contributed by atoms with van der Waals surface area (Å²) in [6.45, 7) is 10.2. The summed E-state index contributed by atoms with van der Waals surface area (Å²) in [6.07, 6.45) is 8.17. The van der Waals surface area contributed by atoms with E-state index >= 15 is 0 Å². The van der Waals surface area contributed by atoms with Crippen LogP contribution < -0.4 is 16.6 Å². The molecule has 0 spiro atoms. The molecule has 5 N–H and O–H groups in total. The fourth-order valence-electron chi connectivity index (χ4n) is 4.13. The number of hydrazine groups is 1. The highest BCUT2D eigenvalue weighted by molar-refractivity contribution is 7.12. The number of anilines is 1. The van der Waals surface area contributed by atoms with E-state index in [2.05, 4.69) is 29.8 Å². The van der Waals surface area contributed by atoms with E-state index in [1.165, 1.54) is 32.6 Å². The van der Waals surface area contributed by atoms with Crippen LogP contribution in [0.4, 0.5) is 10.1 Å². The van der Waals surface area contributed by atoms with Crippen molar-refractivity contribution in [2.24, 2.45) is 11.6 Å².